The Labute approximate surface area is 97.4 Å². The predicted octanol–water partition coefficient (Wildman–Crippen LogP) is 3.06. The SMILES string of the molecule is CCCCOC1CCN=C1c1ccccc1. The molecular formula is C14H19NO. The molecule has 16 heavy (non-hydrogen) atoms. The molecule has 0 saturated heterocycles. The third kappa shape index (κ3) is 2.70. The van der Waals surface area contributed by atoms with Gasteiger partial charge in [0, 0.05) is 13.2 Å². The van der Waals surface area contributed by atoms with Crippen molar-refractivity contribution in [2.45, 2.75) is 32.3 Å². The maximum atomic E-state index is 5.88. The summed E-state index contributed by atoms with van der Waals surface area (Å²) in [5.74, 6) is 0. The maximum absolute atomic E-state index is 5.88. The van der Waals surface area contributed by atoms with Crippen LogP contribution in [0.2, 0.25) is 0 Å². The number of nitrogens with zero attached hydrogens (tertiary/aromatic N) is 1. The lowest BCUT2D eigenvalue weighted by Gasteiger charge is -2.14. The van der Waals surface area contributed by atoms with Crippen LogP contribution in [-0.2, 0) is 4.74 Å². The molecule has 0 saturated carbocycles. The number of unbranched alkanes of at least 4 members (excludes halogenated alkanes) is 1. The summed E-state index contributed by atoms with van der Waals surface area (Å²) in [7, 11) is 0. The second-order valence-corrected chi connectivity index (χ2v) is 4.13. The van der Waals surface area contributed by atoms with Gasteiger partial charge in [-0.3, -0.25) is 4.99 Å². The Balaban J connectivity index is 1.98. The van der Waals surface area contributed by atoms with Crippen molar-refractivity contribution >= 4 is 5.71 Å². The highest BCUT2D eigenvalue weighted by atomic mass is 16.5. The second kappa shape index (κ2) is 5.80. The van der Waals surface area contributed by atoms with Crippen molar-refractivity contribution in [3.8, 4) is 0 Å². The number of hydrogen-bond donors (Lipinski definition) is 0. The van der Waals surface area contributed by atoms with E-state index in [1.807, 2.05) is 6.07 Å². The second-order valence-electron chi connectivity index (χ2n) is 4.13. The summed E-state index contributed by atoms with van der Waals surface area (Å²) in [6.07, 6.45) is 3.57. The normalized spacial score (nSPS) is 19.8. The monoisotopic (exact) mass is 217 g/mol. The number of ether oxygens (including phenoxy) is 1. The highest BCUT2D eigenvalue weighted by Gasteiger charge is 2.22. The molecule has 0 spiro atoms. The van der Waals surface area contributed by atoms with E-state index in [9.17, 15) is 0 Å². The van der Waals surface area contributed by atoms with E-state index in [2.05, 4.69) is 36.2 Å². The molecule has 1 heterocycles. The molecule has 0 aliphatic carbocycles. The van der Waals surface area contributed by atoms with Crippen LogP contribution in [0.3, 0.4) is 0 Å². The van der Waals surface area contributed by atoms with Gasteiger partial charge in [-0.05, 0) is 18.4 Å². The fourth-order valence-corrected chi connectivity index (χ4v) is 1.96. The van der Waals surface area contributed by atoms with Crippen LogP contribution in [0, 0.1) is 0 Å². The average molecular weight is 217 g/mol. The van der Waals surface area contributed by atoms with E-state index in [1.165, 1.54) is 12.0 Å². The summed E-state index contributed by atoms with van der Waals surface area (Å²) in [5.41, 5.74) is 2.35. The molecule has 0 aromatic heterocycles. The highest BCUT2D eigenvalue weighted by molar-refractivity contribution is 6.04. The lowest BCUT2D eigenvalue weighted by atomic mass is 10.1. The first kappa shape index (κ1) is 11.3. The van der Waals surface area contributed by atoms with Crippen LogP contribution in [0.15, 0.2) is 35.3 Å². The fraction of sp³-hybridized carbons (Fsp3) is 0.500. The van der Waals surface area contributed by atoms with E-state index in [4.69, 9.17) is 4.74 Å². The van der Waals surface area contributed by atoms with Crippen LogP contribution >= 0.6 is 0 Å². The van der Waals surface area contributed by atoms with Crippen molar-refractivity contribution < 1.29 is 4.74 Å². The van der Waals surface area contributed by atoms with Crippen molar-refractivity contribution in [2.75, 3.05) is 13.2 Å². The highest BCUT2D eigenvalue weighted by Crippen LogP contribution is 2.17. The molecule has 1 atom stereocenters. The topological polar surface area (TPSA) is 21.6 Å². The molecule has 0 bridgehead atoms. The first-order valence-corrected chi connectivity index (χ1v) is 6.13. The largest absolute Gasteiger partial charge is 0.372 e. The van der Waals surface area contributed by atoms with Crippen LogP contribution in [0.4, 0.5) is 0 Å². The summed E-state index contributed by atoms with van der Waals surface area (Å²) >= 11 is 0. The van der Waals surface area contributed by atoms with Gasteiger partial charge < -0.3 is 4.74 Å². The molecule has 2 heteroatoms. The van der Waals surface area contributed by atoms with Crippen molar-refractivity contribution in [1.82, 2.24) is 0 Å². The summed E-state index contributed by atoms with van der Waals surface area (Å²) in [6, 6.07) is 10.4. The molecule has 2 nitrogen and oxygen atoms in total. The van der Waals surface area contributed by atoms with Crippen molar-refractivity contribution in [1.29, 1.82) is 0 Å². The smallest absolute Gasteiger partial charge is 0.101 e. The molecule has 1 aliphatic heterocycles. The van der Waals surface area contributed by atoms with Gasteiger partial charge in [-0.1, -0.05) is 43.7 Å². The van der Waals surface area contributed by atoms with Gasteiger partial charge in [0.25, 0.3) is 0 Å². The van der Waals surface area contributed by atoms with Crippen molar-refractivity contribution in [3.05, 3.63) is 35.9 Å². The number of hydrogen-bond acceptors (Lipinski definition) is 2. The van der Waals surface area contributed by atoms with Crippen LogP contribution in [0.1, 0.15) is 31.7 Å². The summed E-state index contributed by atoms with van der Waals surface area (Å²) < 4.78 is 5.88. The molecule has 0 amide bonds. The van der Waals surface area contributed by atoms with Crippen molar-refractivity contribution in [3.63, 3.8) is 0 Å². The number of rotatable bonds is 5. The molecule has 1 unspecified atom stereocenters. The lowest BCUT2D eigenvalue weighted by molar-refractivity contribution is 0.0968. The Kier molecular flexibility index (Phi) is 4.11. The maximum Gasteiger partial charge on any atom is 0.101 e. The van der Waals surface area contributed by atoms with Gasteiger partial charge >= 0.3 is 0 Å². The molecule has 2 rings (SSSR count). The Bertz CT molecular complexity index is 345. The fourth-order valence-electron chi connectivity index (χ4n) is 1.96. The van der Waals surface area contributed by atoms with Gasteiger partial charge in [0.15, 0.2) is 0 Å². The standard InChI is InChI=1S/C14H19NO/c1-2-3-11-16-13-9-10-15-14(13)12-7-5-4-6-8-12/h4-8,13H,2-3,9-11H2,1H3. The Morgan fingerprint density at radius 2 is 2.12 bits per heavy atom. The van der Waals surface area contributed by atoms with E-state index in [1.54, 1.807) is 0 Å². The third-order valence-electron chi connectivity index (χ3n) is 2.86. The molecular weight excluding hydrogens is 198 g/mol. The molecule has 0 N–H and O–H groups in total. The third-order valence-corrected chi connectivity index (χ3v) is 2.86. The van der Waals surface area contributed by atoms with Gasteiger partial charge in [-0.25, -0.2) is 0 Å². The lowest BCUT2D eigenvalue weighted by Crippen LogP contribution is -2.21. The van der Waals surface area contributed by atoms with E-state index >= 15 is 0 Å². The zero-order chi connectivity index (χ0) is 11.2. The average Bonchev–Trinajstić information content (AvgIpc) is 2.79. The molecule has 1 aliphatic rings. The Morgan fingerprint density at radius 3 is 2.88 bits per heavy atom. The molecule has 86 valence electrons. The van der Waals surface area contributed by atoms with Gasteiger partial charge in [0.05, 0.1) is 5.71 Å². The molecule has 0 fully saturated rings. The minimum atomic E-state index is 0.217. The quantitative estimate of drug-likeness (QED) is 0.695. The van der Waals surface area contributed by atoms with Crippen LogP contribution < -0.4 is 0 Å². The minimum absolute atomic E-state index is 0.217. The zero-order valence-electron chi connectivity index (χ0n) is 9.86. The van der Waals surface area contributed by atoms with E-state index in [0.29, 0.717) is 0 Å². The van der Waals surface area contributed by atoms with E-state index in [0.717, 1.165) is 31.7 Å². The Morgan fingerprint density at radius 1 is 1.31 bits per heavy atom. The molecule has 0 radical (unpaired) electrons. The van der Waals surface area contributed by atoms with E-state index in [-0.39, 0.29) is 6.10 Å². The Hall–Kier alpha value is -1.15. The van der Waals surface area contributed by atoms with Gasteiger partial charge in [-0.2, -0.15) is 0 Å². The van der Waals surface area contributed by atoms with Crippen LogP contribution in [0.5, 0.6) is 0 Å². The molecule has 1 aromatic rings. The first-order chi connectivity index (χ1) is 7.92. The molecule has 1 aromatic carbocycles. The summed E-state index contributed by atoms with van der Waals surface area (Å²) in [5, 5.41) is 0. The van der Waals surface area contributed by atoms with Gasteiger partial charge in [0.2, 0.25) is 0 Å². The number of aliphatic imine (C=N–C) groups is 1. The van der Waals surface area contributed by atoms with Gasteiger partial charge in [0.1, 0.15) is 6.10 Å². The summed E-state index contributed by atoms with van der Waals surface area (Å²) in [6.45, 7) is 3.94. The zero-order valence-corrected chi connectivity index (χ0v) is 9.86. The van der Waals surface area contributed by atoms with Gasteiger partial charge in [-0.15, -0.1) is 0 Å². The predicted molar refractivity (Wildman–Crippen MR) is 67.1 cm³/mol. The van der Waals surface area contributed by atoms with Crippen LogP contribution in [-0.4, -0.2) is 25.0 Å². The first-order valence-electron chi connectivity index (χ1n) is 6.13. The van der Waals surface area contributed by atoms with E-state index < -0.39 is 0 Å². The number of benzene rings is 1. The van der Waals surface area contributed by atoms with Crippen molar-refractivity contribution in [2.24, 2.45) is 4.99 Å². The summed E-state index contributed by atoms with van der Waals surface area (Å²) in [4.78, 5) is 4.56. The minimum Gasteiger partial charge on any atom is -0.372 e. The van der Waals surface area contributed by atoms with Crippen LogP contribution in [0.25, 0.3) is 0 Å².